The molecule has 1 N–H and O–H groups in total. The maximum Gasteiger partial charge on any atom is -0.00113 e. The standard InChI is InChI=1S/C13H17N/c1-11-3-2-4-13(9-11)10-12-5-7-14-8-6-12/h2-4,9-10,14H,5-8H2,1H3. The molecule has 0 aromatic heterocycles. The van der Waals surface area contributed by atoms with Gasteiger partial charge in [0.2, 0.25) is 0 Å². The molecule has 0 spiro atoms. The van der Waals surface area contributed by atoms with E-state index in [-0.39, 0.29) is 0 Å². The number of piperidine rings is 1. The van der Waals surface area contributed by atoms with Crippen LogP contribution in [0, 0.1) is 6.92 Å². The van der Waals surface area contributed by atoms with Gasteiger partial charge in [0.05, 0.1) is 0 Å². The van der Waals surface area contributed by atoms with Crippen molar-refractivity contribution >= 4 is 6.08 Å². The number of nitrogens with one attached hydrogen (secondary N) is 1. The molecule has 1 saturated heterocycles. The minimum Gasteiger partial charge on any atom is -0.316 e. The fourth-order valence-corrected chi connectivity index (χ4v) is 1.89. The molecule has 1 aliphatic rings. The van der Waals surface area contributed by atoms with E-state index in [0.717, 1.165) is 13.1 Å². The summed E-state index contributed by atoms with van der Waals surface area (Å²) in [5.74, 6) is 0. The van der Waals surface area contributed by atoms with Gasteiger partial charge in [-0.1, -0.05) is 41.5 Å². The van der Waals surface area contributed by atoms with Gasteiger partial charge in [-0.25, -0.2) is 0 Å². The molecule has 0 bridgehead atoms. The first kappa shape index (κ1) is 9.47. The summed E-state index contributed by atoms with van der Waals surface area (Å²) in [6.45, 7) is 4.42. The van der Waals surface area contributed by atoms with Crippen LogP contribution in [-0.4, -0.2) is 13.1 Å². The van der Waals surface area contributed by atoms with Gasteiger partial charge in [0.25, 0.3) is 0 Å². The number of hydrogen-bond donors (Lipinski definition) is 1. The normalized spacial score (nSPS) is 16.8. The van der Waals surface area contributed by atoms with E-state index in [9.17, 15) is 0 Å². The van der Waals surface area contributed by atoms with Crippen molar-refractivity contribution in [3.8, 4) is 0 Å². The Labute approximate surface area is 85.8 Å². The van der Waals surface area contributed by atoms with Crippen molar-refractivity contribution in [2.75, 3.05) is 13.1 Å². The minimum atomic E-state index is 1.14. The van der Waals surface area contributed by atoms with Crippen molar-refractivity contribution in [2.45, 2.75) is 19.8 Å². The molecule has 1 fully saturated rings. The lowest BCUT2D eigenvalue weighted by molar-refractivity contribution is 0.613. The van der Waals surface area contributed by atoms with Crippen LogP contribution >= 0.6 is 0 Å². The highest BCUT2D eigenvalue weighted by Crippen LogP contribution is 2.15. The highest BCUT2D eigenvalue weighted by atomic mass is 14.9. The number of aryl methyl sites for hydroxylation is 1. The van der Waals surface area contributed by atoms with Gasteiger partial charge in [0.1, 0.15) is 0 Å². The highest BCUT2D eigenvalue weighted by molar-refractivity contribution is 5.54. The molecule has 0 saturated carbocycles. The zero-order chi connectivity index (χ0) is 9.80. The number of hydrogen-bond acceptors (Lipinski definition) is 1. The Hall–Kier alpha value is -1.08. The summed E-state index contributed by atoms with van der Waals surface area (Å²) in [4.78, 5) is 0. The molecular formula is C13H17N. The SMILES string of the molecule is Cc1cccc(C=C2CCNCC2)c1. The summed E-state index contributed by atoms with van der Waals surface area (Å²) in [5, 5.41) is 3.37. The third-order valence-corrected chi connectivity index (χ3v) is 2.66. The Morgan fingerprint density at radius 1 is 1.21 bits per heavy atom. The Morgan fingerprint density at radius 2 is 2.00 bits per heavy atom. The zero-order valence-corrected chi connectivity index (χ0v) is 8.72. The van der Waals surface area contributed by atoms with Crippen LogP contribution in [0.3, 0.4) is 0 Å². The van der Waals surface area contributed by atoms with Crippen molar-refractivity contribution in [1.29, 1.82) is 0 Å². The average molecular weight is 187 g/mol. The van der Waals surface area contributed by atoms with Crippen LogP contribution in [0.15, 0.2) is 29.8 Å². The Kier molecular flexibility index (Phi) is 3.00. The predicted octanol–water partition coefficient (Wildman–Crippen LogP) is 2.76. The van der Waals surface area contributed by atoms with Crippen LogP contribution in [0.4, 0.5) is 0 Å². The molecule has 14 heavy (non-hydrogen) atoms. The molecule has 1 aromatic carbocycles. The third-order valence-electron chi connectivity index (χ3n) is 2.66. The van der Waals surface area contributed by atoms with Crippen LogP contribution in [0.25, 0.3) is 6.08 Å². The van der Waals surface area contributed by atoms with Gasteiger partial charge >= 0.3 is 0 Å². The van der Waals surface area contributed by atoms with Crippen LogP contribution in [0.1, 0.15) is 24.0 Å². The summed E-state index contributed by atoms with van der Waals surface area (Å²) in [6, 6.07) is 8.70. The van der Waals surface area contributed by atoms with E-state index in [1.807, 2.05) is 0 Å². The average Bonchev–Trinajstić information content (AvgIpc) is 2.19. The zero-order valence-electron chi connectivity index (χ0n) is 8.72. The predicted molar refractivity (Wildman–Crippen MR) is 61.3 cm³/mol. The second-order valence-electron chi connectivity index (χ2n) is 3.97. The van der Waals surface area contributed by atoms with Crippen LogP contribution in [-0.2, 0) is 0 Å². The van der Waals surface area contributed by atoms with Crippen molar-refractivity contribution < 1.29 is 0 Å². The van der Waals surface area contributed by atoms with E-state index in [1.165, 1.54) is 24.0 Å². The second kappa shape index (κ2) is 4.43. The third kappa shape index (κ3) is 2.46. The maximum absolute atomic E-state index is 3.37. The molecule has 2 rings (SSSR count). The van der Waals surface area contributed by atoms with Gasteiger partial charge < -0.3 is 5.32 Å². The topological polar surface area (TPSA) is 12.0 Å². The molecule has 74 valence electrons. The van der Waals surface area contributed by atoms with Crippen LogP contribution in [0.2, 0.25) is 0 Å². The second-order valence-corrected chi connectivity index (χ2v) is 3.97. The lowest BCUT2D eigenvalue weighted by Gasteiger charge is -2.15. The fraction of sp³-hybridized carbons (Fsp3) is 0.385. The molecule has 0 aliphatic carbocycles. The van der Waals surface area contributed by atoms with E-state index in [0.29, 0.717) is 0 Å². The first-order valence-electron chi connectivity index (χ1n) is 5.31. The molecule has 1 heteroatoms. The first-order valence-corrected chi connectivity index (χ1v) is 5.31. The van der Waals surface area contributed by atoms with Crippen molar-refractivity contribution in [3.05, 3.63) is 41.0 Å². The Bertz CT molecular complexity index is 331. The largest absolute Gasteiger partial charge is 0.316 e. The molecule has 0 amide bonds. The van der Waals surface area contributed by atoms with Crippen molar-refractivity contribution in [1.82, 2.24) is 5.32 Å². The van der Waals surface area contributed by atoms with Gasteiger partial charge in [-0.2, -0.15) is 0 Å². The van der Waals surface area contributed by atoms with Gasteiger partial charge in [0, 0.05) is 0 Å². The monoisotopic (exact) mass is 187 g/mol. The molecule has 1 heterocycles. The quantitative estimate of drug-likeness (QED) is 0.713. The maximum atomic E-state index is 3.37. The molecule has 1 aromatic rings. The summed E-state index contributed by atoms with van der Waals surface area (Å²) in [7, 11) is 0. The summed E-state index contributed by atoms with van der Waals surface area (Å²) in [5.41, 5.74) is 4.27. The minimum absolute atomic E-state index is 1.14. The van der Waals surface area contributed by atoms with Gasteiger partial charge in [0.15, 0.2) is 0 Å². The van der Waals surface area contributed by atoms with E-state index >= 15 is 0 Å². The molecule has 0 unspecified atom stereocenters. The van der Waals surface area contributed by atoms with E-state index in [2.05, 4.69) is 42.6 Å². The summed E-state index contributed by atoms with van der Waals surface area (Å²) < 4.78 is 0. The Morgan fingerprint density at radius 3 is 2.71 bits per heavy atom. The lowest BCUT2D eigenvalue weighted by Crippen LogP contribution is -2.22. The highest BCUT2D eigenvalue weighted by Gasteiger charge is 2.03. The smallest absolute Gasteiger partial charge is 0.00113 e. The molecule has 1 nitrogen and oxygen atoms in total. The molecule has 1 aliphatic heterocycles. The summed E-state index contributed by atoms with van der Waals surface area (Å²) >= 11 is 0. The fourth-order valence-electron chi connectivity index (χ4n) is 1.89. The number of rotatable bonds is 1. The Balaban J connectivity index is 2.15. The van der Waals surface area contributed by atoms with Gasteiger partial charge in [-0.15, -0.1) is 0 Å². The summed E-state index contributed by atoms with van der Waals surface area (Å²) in [6.07, 6.45) is 4.75. The van der Waals surface area contributed by atoms with E-state index < -0.39 is 0 Å². The van der Waals surface area contributed by atoms with E-state index in [4.69, 9.17) is 0 Å². The van der Waals surface area contributed by atoms with Gasteiger partial charge in [-0.05, 0) is 38.4 Å². The van der Waals surface area contributed by atoms with Gasteiger partial charge in [-0.3, -0.25) is 0 Å². The molecule has 0 atom stereocenters. The lowest BCUT2D eigenvalue weighted by atomic mass is 10.0. The van der Waals surface area contributed by atoms with E-state index in [1.54, 1.807) is 5.57 Å². The number of benzene rings is 1. The van der Waals surface area contributed by atoms with Crippen LogP contribution in [0.5, 0.6) is 0 Å². The van der Waals surface area contributed by atoms with Crippen LogP contribution < -0.4 is 5.32 Å². The molecule has 0 radical (unpaired) electrons. The molecular weight excluding hydrogens is 170 g/mol. The first-order chi connectivity index (χ1) is 6.84. The van der Waals surface area contributed by atoms with Crippen molar-refractivity contribution in [3.63, 3.8) is 0 Å². The van der Waals surface area contributed by atoms with Crippen molar-refractivity contribution in [2.24, 2.45) is 0 Å².